The highest BCUT2D eigenvalue weighted by Crippen LogP contribution is 2.20. The van der Waals surface area contributed by atoms with Crippen LogP contribution in [0.5, 0.6) is 0 Å². The molecule has 1 rings (SSSR count). The molecule has 0 unspecified atom stereocenters. The smallest absolute Gasteiger partial charge is 0.233 e. The molecule has 22 heavy (non-hydrogen) atoms. The molecule has 1 heterocycles. The lowest BCUT2D eigenvalue weighted by Crippen LogP contribution is -2.41. The van der Waals surface area contributed by atoms with Crippen LogP contribution in [-0.4, -0.2) is 22.3 Å². The first kappa shape index (κ1) is 20.1. The predicted octanol–water partition coefficient (Wildman–Crippen LogP) is 3.26. The lowest BCUT2D eigenvalue weighted by Gasteiger charge is -2.20. The monoisotopic (exact) mass is 307 g/mol. The number of nitrogens with one attached hydrogen (secondary N) is 2. The summed E-state index contributed by atoms with van der Waals surface area (Å²) < 4.78 is 0. The molecule has 0 spiro atoms. The minimum Gasteiger partial charge on any atom is -0.351 e. The summed E-state index contributed by atoms with van der Waals surface area (Å²) in [5.41, 5.74) is 1.17. The van der Waals surface area contributed by atoms with Gasteiger partial charge in [0.15, 0.2) is 0 Å². The van der Waals surface area contributed by atoms with Gasteiger partial charge < -0.3 is 10.6 Å². The van der Waals surface area contributed by atoms with Gasteiger partial charge in [0.05, 0.1) is 11.9 Å². The number of hydrogen-bond donors (Lipinski definition) is 2. The number of rotatable bonds is 3. The van der Waals surface area contributed by atoms with E-state index in [1.165, 1.54) is 0 Å². The van der Waals surface area contributed by atoms with Crippen molar-refractivity contribution in [3.63, 3.8) is 0 Å². The molecule has 0 aliphatic heterocycles. The maximum atomic E-state index is 11.8. The summed E-state index contributed by atoms with van der Waals surface area (Å²) in [4.78, 5) is 27.8. The number of hydrogen-bond acceptors (Lipinski definition) is 3. The molecule has 1 aromatic rings. The van der Waals surface area contributed by atoms with Gasteiger partial charge in [-0.15, -0.1) is 0 Å². The summed E-state index contributed by atoms with van der Waals surface area (Å²) in [7, 11) is 0. The van der Waals surface area contributed by atoms with Crippen molar-refractivity contribution in [3.05, 3.63) is 24.0 Å². The highest BCUT2D eigenvalue weighted by atomic mass is 16.2. The molecule has 0 atom stereocenters. The Morgan fingerprint density at radius 2 is 1.64 bits per heavy atom. The topological polar surface area (TPSA) is 71.1 Å². The van der Waals surface area contributed by atoms with E-state index in [0.29, 0.717) is 5.69 Å². The molecule has 0 fully saturated rings. The van der Waals surface area contributed by atoms with Gasteiger partial charge in [0.1, 0.15) is 6.42 Å². The molecule has 0 aromatic carbocycles. The summed E-state index contributed by atoms with van der Waals surface area (Å²) in [6.07, 6.45) is 1.42. The Kier molecular flexibility index (Phi) is 6.74. The molecule has 124 valence electrons. The highest BCUT2D eigenvalue weighted by molar-refractivity contribution is 6.03. The maximum absolute atomic E-state index is 11.8. The van der Waals surface area contributed by atoms with Crippen LogP contribution >= 0.6 is 0 Å². The SMILES string of the molecule is C.CC(C)(C)NC(=O)CC(=O)Nc1ccc(C(C)(C)C)nc1. The van der Waals surface area contributed by atoms with Crippen LogP contribution in [0.25, 0.3) is 0 Å². The fraction of sp³-hybridized carbons (Fsp3) is 0.588. The van der Waals surface area contributed by atoms with E-state index in [-0.39, 0.29) is 36.6 Å². The molecule has 1 aromatic heterocycles. The lowest BCUT2D eigenvalue weighted by atomic mass is 9.92. The molecule has 0 saturated heterocycles. The van der Waals surface area contributed by atoms with Crippen molar-refractivity contribution >= 4 is 17.5 Å². The van der Waals surface area contributed by atoms with Gasteiger partial charge in [-0.05, 0) is 32.9 Å². The lowest BCUT2D eigenvalue weighted by molar-refractivity contribution is -0.127. The van der Waals surface area contributed by atoms with Crippen LogP contribution in [0.4, 0.5) is 5.69 Å². The van der Waals surface area contributed by atoms with Crippen LogP contribution < -0.4 is 10.6 Å². The van der Waals surface area contributed by atoms with Crippen molar-refractivity contribution in [2.75, 3.05) is 5.32 Å². The molecule has 0 radical (unpaired) electrons. The third kappa shape index (κ3) is 7.20. The van der Waals surface area contributed by atoms with E-state index < -0.39 is 0 Å². The number of carbonyl (C=O) groups excluding carboxylic acids is 2. The van der Waals surface area contributed by atoms with Crippen molar-refractivity contribution in [2.45, 2.75) is 66.3 Å². The Morgan fingerprint density at radius 3 is 2.05 bits per heavy atom. The van der Waals surface area contributed by atoms with Crippen molar-refractivity contribution in [2.24, 2.45) is 0 Å². The zero-order chi connectivity index (χ0) is 16.3. The highest BCUT2D eigenvalue weighted by Gasteiger charge is 2.17. The van der Waals surface area contributed by atoms with Crippen LogP contribution in [-0.2, 0) is 15.0 Å². The second-order valence-corrected chi connectivity index (χ2v) is 7.21. The van der Waals surface area contributed by atoms with Crippen molar-refractivity contribution in [1.82, 2.24) is 10.3 Å². The van der Waals surface area contributed by atoms with E-state index in [9.17, 15) is 9.59 Å². The molecule has 0 saturated carbocycles. The van der Waals surface area contributed by atoms with Gasteiger partial charge in [0.2, 0.25) is 11.8 Å². The number of carbonyl (C=O) groups is 2. The second-order valence-electron chi connectivity index (χ2n) is 7.21. The molecule has 2 amide bonds. The molecule has 0 bridgehead atoms. The van der Waals surface area contributed by atoms with E-state index in [4.69, 9.17) is 0 Å². The Labute approximate surface area is 133 Å². The second kappa shape index (κ2) is 7.38. The van der Waals surface area contributed by atoms with Crippen LogP contribution in [0, 0.1) is 0 Å². The molecular weight excluding hydrogens is 278 g/mol. The standard InChI is InChI=1S/C16H25N3O2.CH4/c1-15(2,3)12-8-7-11(10-17-12)18-13(20)9-14(21)19-16(4,5)6;/h7-8,10H,9H2,1-6H3,(H,18,20)(H,19,21);1H4. The number of anilines is 1. The van der Waals surface area contributed by atoms with Gasteiger partial charge in [-0.3, -0.25) is 14.6 Å². The third-order valence-corrected chi connectivity index (χ3v) is 2.65. The summed E-state index contributed by atoms with van der Waals surface area (Å²) in [6.45, 7) is 11.8. The number of pyridine rings is 1. The molecular formula is C17H29N3O2. The predicted molar refractivity (Wildman–Crippen MR) is 90.8 cm³/mol. The first-order valence-electron chi connectivity index (χ1n) is 7.05. The van der Waals surface area contributed by atoms with Crippen LogP contribution in [0.2, 0.25) is 0 Å². The third-order valence-electron chi connectivity index (χ3n) is 2.65. The molecule has 0 aliphatic rings. The quantitative estimate of drug-likeness (QED) is 0.842. The maximum Gasteiger partial charge on any atom is 0.233 e. The first-order valence-corrected chi connectivity index (χ1v) is 7.05. The minimum absolute atomic E-state index is 0. The van der Waals surface area contributed by atoms with E-state index >= 15 is 0 Å². The van der Waals surface area contributed by atoms with Gasteiger partial charge in [-0.2, -0.15) is 0 Å². The van der Waals surface area contributed by atoms with Crippen molar-refractivity contribution in [1.29, 1.82) is 0 Å². The van der Waals surface area contributed by atoms with Gasteiger partial charge >= 0.3 is 0 Å². The number of amides is 2. The van der Waals surface area contributed by atoms with Gasteiger partial charge in [0, 0.05) is 16.6 Å². The number of nitrogens with zero attached hydrogens (tertiary/aromatic N) is 1. The van der Waals surface area contributed by atoms with E-state index in [0.717, 1.165) is 5.69 Å². The molecule has 5 heteroatoms. The van der Waals surface area contributed by atoms with Crippen LogP contribution in [0.1, 0.15) is 61.1 Å². The van der Waals surface area contributed by atoms with Crippen molar-refractivity contribution < 1.29 is 9.59 Å². The normalized spacial score (nSPS) is 11.4. The Morgan fingerprint density at radius 1 is 1.05 bits per heavy atom. The minimum atomic E-state index is -0.345. The molecule has 5 nitrogen and oxygen atoms in total. The fourth-order valence-electron chi connectivity index (χ4n) is 1.72. The summed E-state index contributed by atoms with van der Waals surface area (Å²) in [5.74, 6) is -0.638. The Balaban J connectivity index is 0.00000441. The first-order chi connectivity index (χ1) is 9.47. The van der Waals surface area contributed by atoms with Crippen LogP contribution in [0.3, 0.4) is 0 Å². The molecule has 2 N–H and O–H groups in total. The van der Waals surface area contributed by atoms with Crippen molar-refractivity contribution in [3.8, 4) is 0 Å². The number of aromatic nitrogens is 1. The average molecular weight is 307 g/mol. The Hall–Kier alpha value is -1.91. The van der Waals surface area contributed by atoms with E-state index in [1.807, 2.05) is 26.8 Å². The summed E-state index contributed by atoms with van der Waals surface area (Å²) in [6, 6.07) is 3.68. The fourth-order valence-corrected chi connectivity index (χ4v) is 1.72. The van der Waals surface area contributed by atoms with Gasteiger partial charge in [0.25, 0.3) is 0 Å². The largest absolute Gasteiger partial charge is 0.351 e. The van der Waals surface area contributed by atoms with Gasteiger partial charge in [-0.25, -0.2) is 0 Å². The summed E-state index contributed by atoms with van der Waals surface area (Å²) >= 11 is 0. The van der Waals surface area contributed by atoms with E-state index in [2.05, 4.69) is 36.4 Å². The Bertz CT molecular complexity index is 508. The zero-order valence-corrected chi connectivity index (χ0v) is 13.7. The van der Waals surface area contributed by atoms with E-state index in [1.54, 1.807) is 12.3 Å². The average Bonchev–Trinajstić information content (AvgIpc) is 2.25. The summed E-state index contributed by atoms with van der Waals surface area (Å²) in [5, 5.41) is 5.42. The van der Waals surface area contributed by atoms with Gasteiger partial charge in [-0.1, -0.05) is 28.2 Å². The molecule has 0 aliphatic carbocycles. The van der Waals surface area contributed by atoms with Crippen LogP contribution in [0.15, 0.2) is 18.3 Å². The zero-order valence-electron chi connectivity index (χ0n) is 13.7.